The predicted octanol–water partition coefficient (Wildman–Crippen LogP) is 6.15. The fraction of sp³-hybridized carbons (Fsp3) is 0.138. The Labute approximate surface area is 225 Å². The van der Waals surface area contributed by atoms with Gasteiger partial charge >= 0.3 is 5.97 Å². The molecule has 37 heavy (non-hydrogen) atoms. The maximum absolute atomic E-state index is 13.3. The molecule has 1 aliphatic heterocycles. The summed E-state index contributed by atoms with van der Waals surface area (Å²) in [4.78, 5) is 25.9. The van der Waals surface area contributed by atoms with Crippen molar-refractivity contribution in [3.05, 3.63) is 123 Å². The molecule has 186 valence electrons. The summed E-state index contributed by atoms with van der Waals surface area (Å²) in [6.07, 6.45) is 0. The smallest absolute Gasteiger partial charge is 0.337 e. The highest BCUT2D eigenvalue weighted by Gasteiger charge is 2.35. The molecule has 1 heterocycles. The van der Waals surface area contributed by atoms with Gasteiger partial charge in [-0.2, -0.15) is 5.26 Å². The molecule has 1 amide bonds. The molecule has 1 atom stereocenters. The molecule has 0 bridgehead atoms. The van der Waals surface area contributed by atoms with Gasteiger partial charge in [0, 0.05) is 16.4 Å². The average Bonchev–Trinajstić information content (AvgIpc) is 2.91. The fourth-order valence-electron chi connectivity index (χ4n) is 3.94. The van der Waals surface area contributed by atoms with Gasteiger partial charge in [0.1, 0.15) is 6.61 Å². The maximum Gasteiger partial charge on any atom is 0.337 e. The number of benzene rings is 3. The summed E-state index contributed by atoms with van der Waals surface area (Å²) in [5, 5.41) is 17.2. The van der Waals surface area contributed by atoms with Crippen molar-refractivity contribution in [3.8, 4) is 6.07 Å². The van der Waals surface area contributed by atoms with Gasteiger partial charge in [0.25, 0.3) is 0 Å². The number of allylic oxidation sites excluding steroid dienone is 2. The first-order chi connectivity index (χ1) is 18.0. The van der Waals surface area contributed by atoms with Crippen molar-refractivity contribution < 1.29 is 14.3 Å². The lowest BCUT2D eigenvalue weighted by molar-refractivity contribution is -0.140. The van der Waals surface area contributed by atoms with Crippen molar-refractivity contribution in [1.82, 2.24) is 5.32 Å². The van der Waals surface area contributed by atoms with Crippen LogP contribution < -0.4 is 10.6 Å². The van der Waals surface area contributed by atoms with Crippen LogP contribution in [0.3, 0.4) is 0 Å². The van der Waals surface area contributed by atoms with Gasteiger partial charge in [-0.05, 0) is 42.3 Å². The Morgan fingerprint density at radius 1 is 1.03 bits per heavy atom. The van der Waals surface area contributed by atoms with Gasteiger partial charge < -0.3 is 15.4 Å². The van der Waals surface area contributed by atoms with E-state index in [0.717, 1.165) is 11.1 Å². The number of esters is 1. The number of nitrogens with one attached hydrogen (secondary N) is 2. The summed E-state index contributed by atoms with van der Waals surface area (Å²) in [5.74, 6) is -1.32. The van der Waals surface area contributed by atoms with E-state index in [2.05, 4.69) is 16.7 Å². The summed E-state index contributed by atoms with van der Waals surface area (Å²) >= 11 is 7.31. The van der Waals surface area contributed by atoms with Gasteiger partial charge in [-0.3, -0.25) is 4.79 Å². The van der Waals surface area contributed by atoms with Crippen LogP contribution in [0.25, 0.3) is 0 Å². The minimum atomic E-state index is -0.675. The van der Waals surface area contributed by atoms with Crippen LogP contribution in [0.1, 0.15) is 24.0 Å². The molecule has 0 spiro atoms. The molecule has 0 aromatic heterocycles. The van der Waals surface area contributed by atoms with Crippen molar-refractivity contribution in [2.75, 3.05) is 11.1 Å². The number of para-hydroxylation sites is 1. The predicted molar refractivity (Wildman–Crippen MR) is 146 cm³/mol. The Morgan fingerprint density at radius 2 is 1.68 bits per heavy atom. The first-order valence-electron chi connectivity index (χ1n) is 11.5. The number of rotatable bonds is 8. The number of nitriles is 1. The molecular weight excluding hydrogens is 506 g/mol. The minimum Gasteiger partial charge on any atom is -0.457 e. The van der Waals surface area contributed by atoms with Crippen molar-refractivity contribution in [1.29, 1.82) is 5.26 Å². The molecule has 0 aliphatic carbocycles. The molecule has 4 rings (SSSR count). The molecule has 0 fully saturated rings. The lowest BCUT2D eigenvalue weighted by atomic mass is 9.82. The highest BCUT2D eigenvalue weighted by Crippen LogP contribution is 2.41. The van der Waals surface area contributed by atoms with Crippen molar-refractivity contribution >= 4 is 40.9 Å². The number of thioether (sulfide) groups is 1. The molecule has 2 N–H and O–H groups in total. The first kappa shape index (κ1) is 26.1. The zero-order chi connectivity index (χ0) is 26.2. The third kappa shape index (κ3) is 6.62. The number of amides is 1. The van der Waals surface area contributed by atoms with E-state index >= 15 is 0 Å². The van der Waals surface area contributed by atoms with E-state index in [1.807, 2.05) is 48.5 Å². The number of dihydropyridines is 1. The van der Waals surface area contributed by atoms with Crippen molar-refractivity contribution in [2.45, 2.75) is 19.4 Å². The van der Waals surface area contributed by atoms with Gasteiger partial charge in [0.2, 0.25) is 5.91 Å². The number of ether oxygens (including phenoxy) is 1. The summed E-state index contributed by atoms with van der Waals surface area (Å²) in [7, 11) is 0. The summed E-state index contributed by atoms with van der Waals surface area (Å²) in [6, 6.07) is 27.8. The first-order valence-corrected chi connectivity index (χ1v) is 12.9. The number of carbonyl (C=O) groups is 2. The third-order valence-electron chi connectivity index (χ3n) is 5.69. The number of hydrogen-bond acceptors (Lipinski definition) is 6. The van der Waals surface area contributed by atoms with E-state index in [1.54, 1.807) is 43.3 Å². The number of nitrogens with zero attached hydrogens (tertiary/aromatic N) is 1. The zero-order valence-corrected chi connectivity index (χ0v) is 21.6. The van der Waals surface area contributed by atoms with Gasteiger partial charge in [-0.25, -0.2) is 4.79 Å². The normalized spacial score (nSPS) is 15.0. The summed E-state index contributed by atoms with van der Waals surface area (Å²) in [6.45, 7) is 1.87. The van der Waals surface area contributed by atoms with E-state index in [0.29, 0.717) is 32.6 Å². The largest absolute Gasteiger partial charge is 0.457 e. The molecule has 0 saturated carbocycles. The second-order valence-electron chi connectivity index (χ2n) is 8.27. The van der Waals surface area contributed by atoms with Crippen LogP contribution in [0, 0.1) is 11.3 Å². The number of anilines is 1. The van der Waals surface area contributed by atoms with Crippen molar-refractivity contribution in [3.63, 3.8) is 0 Å². The van der Waals surface area contributed by atoms with Crippen LogP contribution in [0.5, 0.6) is 0 Å². The van der Waals surface area contributed by atoms with Crippen molar-refractivity contribution in [2.24, 2.45) is 0 Å². The van der Waals surface area contributed by atoms with E-state index in [1.165, 1.54) is 11.8 Å². The lowest BCUT2D eigenvalue weighted by Gasteiger charge is -2.29. The minimum absolute atomic E-state index is 0.0802. The van der Waals surface area contributed by atoms with Crippen LogP contribution in [0.4, 0.5) is 5.69 Å². The molecule has 8 heteroatoms. The van der Waals surface area contributed by atoms with E-state index in [4.69, 9.17) is 16.3 Å². The van der Waals surface area contributed by atoms with Crippen LogP contribution in [-0.4, -0.2) is 17.6 Å². The zero-order valence-electron chi connectivity index (χ0n) is 20.0. The topological polar surface area (TPSA) is 91.2 Å². The molecule has 3 aromatic rings. The molecule has 0 unspecified atom stereocenters. The lowest BCUT2D eigenvalue weighted by Crippen LogP contribution is -2.29. The van der Waals surface area contributed by atoms with E-state index in [9.17, 15) is 14.9 Å². The highest BCUT2D eigenvalue weighted by molar-refractivity contribution is 8.03. The quantitative estimate of drug-likeness (QED) is 0.340. The van der Waals surface area contributed by atoms with Gasteiger partial charge in [-0.15, -0.1) is 0 Å². The number of hydrogen-bond donors (Lipinski definition) is 2. The second-order valence-corrected chi connectivity index (χ2v) is 9.69. The maximum atomic E-state index is 13.3. The van der Waals surface area contributed by atoms with Crippen LogP contribution in [0.15, 0.2) is 107 Å². The van der Waals surface area contributed by atoms with E-state index < -0.39 is 11.9 Å². The molecule has 3 aromatic carbocycles. The van der Waals surface area contributed by atoms with Gasteiger partial charge in [0.15, 0.2) is 0 Å². The summed E-state index contributed by atoms with van der Waals surface area (Å²) in [5.41, 5.74) is 3.50. The molecule has 0 saturated heterocycles. The highest BCUT2D eigenvalue weighted by atomic mass is 35.5. The molecular formula is C29H24ClN3O3S. The Balaban J connectivity index is 1.59. The average molecular weight is 530 g/mol. The second kappa shape index (κ2) is 12.3. The summed E-state index contributed by atoms with van der Waals surface area (Å²) < 4.78 is 5.64. The Morgan fingerprint density at radius 3 is 2.32 bits per heavy atom. The van der Waals surface area contributed by atoms with E-state index in [-0.39, 0.29) is 18.3 Å². The molecule has 6 nitrogen and oxygen atoms in total. The molecule has 0 radical (unpaired) electrons. The van der Waals surface area contributed by atoms with Gasteiger partial charge in [-0.1, -0.05) is 84.0 Å². The molecule has 1 aliphatic rings. The standard InChI is InChI=1S/C29H24ClN3O3S/c1-19-26(29(35)36-17-20-8-4-2-5-9-20)27(21-12-14-22(30)15-13-21)24(16-31)28(32-19)37-18-25(34)33-23-10-6-3-7-11-23/h2-15,27,32H,17-18H2,1H3,(H,33,34)/t27-/m0/s1. The van der Waals surface area contributed by atoms with Crippen LogP contribution in [0.2, 0.25) is 5.02 Å². The van der Waals surface area contributed by atoms with Gasteiger partial charge in [0.05, 0.1) is 33.9 Å². The van der Waals surface area contributed by atoms with Crippen LogP contribution >= 0.6 is 23.4 Å². The fourth-order valence-corrected chi connectivity index (χ4v) is 4.96. The number of carbonyl (C=O) groups excluding carboxylic acids is 2. The number of halogens is 1. The van der Waals surface area contributed by atoms with Crippen LogP contribution in [-0.2, 0) is 20.9 Å². The Kier molecular flexibility index (Phi) is 8.68. The third-order valence-corrected chi connectivity index (χ3v) is 6.96. The monoisotopic (exact) mass is 529 g/mol. The Bertz CT molecular complexity index is 1380. The SMILES string of the molecule is CC1=C(C(=O)OCc2ccccc2)[C@@H](c2ccc(Cl)cc2)C(C#N)=C(SCC(=O)Nc2ccccc2)N1. The Hall–Kier alpha value is -3.99.